The van der Waals surface area contributed by atoms with E-state index in [0.29, 0.717) is 25.7 Å². The van der Waals surface area contributed by atoms with Gasteiger partial charge in [-0.05, 0) is 43.4 Å². The Morgan fingerprint density at radius 1 is 0.274 bits per heavy atom. The summed E-state index contributed by atoms with van der Waals surface area (Å²) < 4.78 is 69.0. The summed E-state index contributed by atoms with van der Waals surface area (Å²) in [6.45, 7) is 12.1. The maximum Gasteiger partial charge on any atom is 0.472 e. The first-order valence-electron chi connectivity index (χ1n) is 44.9. The Kier molecular flexibility index (Phi) is 75.6. The van der Waals surface area contributed by atoms with Gasteiger partial charge in [-0.3, -0.25) is 37.3 Å². The molecule has 0 aliphatic rings. The largest absolute Gasteiger partial charge is 0.472 e. The van der Waals surface area contributed by atoms with Gasteiger partial charge in [0.15, 0.2) is 12.2 Å². The van der Waals surface area contributed by atoms with Gasteiger partial charge in [-0.2, -0.15) is 0 Å². The Balaban J connectivity index is 5.26. The highest BCUT2D eigenvalue weighted by atomic mass is 31.2. The summed E-state index contributed by atoms with van der Waals surface area (Å²) in [7, 11) is -9.93. The Hall–Kier alpha value is -1.94. The first-order valence-corrected chi connectivity index (χ1v) is 47.9. The van der Waals surface area contributed by atoms with Gasteiger partial charge in [0.25, 0.3) is 0 Å². The summed E-state index contributed by atoms with van der Waals surface area (Å²) in [6.07, 6.45) is 67.9. The highest BCUT2D eigenvalue weighted by Crippen LogP contribution is 2.45. The summed E-state index contributed by atoms with van der Waals surface area (Å²) in [4.78, 5) is 73.3. The molecule has 0 bridgehead atoms. The molecular formula is C87H170O17P2. The van der Waals surface area contributed by atoms with Crippen molar-refractivity contribution in [3.63, 3.8) is 0 Å². The minimum absolute atomic E-state index is 0.108. The van der Waals surface area contributed by atoms with Crippen molar-refractivity contribution in [1.29, 1.82) is 0 Å². The van der Waals surface area contributed by atoms with Crippen molar-refractivity contribution in [1.82, 2.24) is 0 Å². The lowest BCUT2D eigenvalue weighted by atomic mass is 9.99. The average Bonchev–Trinajstić information content (AvgIpc) is 0.901. The van der Waals surface area contributed by atoms with E-state index in [4.69, 9.17) is 37.0 Å². The molecule has 0 aromatic heterocycles. The predicted molar refractivity (Wildman–Crippen MR) is 437 cm³/mol. The standard InChI is InChI=1S/C87H170O17P2/c1-8-10-11-12-13-14-15-16-17-18-19-22-29-34-41-49-56-63-70-87(92)104-83(75-98-85(90)69-62-55-48-43-36-38-45-52-59-66-79(5)6)77-102-106(95,96)100-73-81(88)72-99-105(93,94)101-76-82(103-86(91)71-64-57-50-42-35-30-23-20-21-26-31-37-44-51-58-65-78(3)4)74-97-84(89)68-61-54-47-40-33-28-25-24-27-32-39-46-53-60-67-80(7)9-2/h78-83,88H,8-77H2,1-7H3,(H,93,94)(H,95,96)/t80?,81-,82-,83-/m1/s1. The lowest BCUT2D eigenvalue weighted by Crippen LogP contribution is -2.30. The van der Waals surface area contributed by atoms with Crippen LogP contribution in [0.15, 0.2) is 0 Å². The Morgan fingerprint density at radius 3 is 0.717 bits per heavy atom. The molecule has 0 rings (SSSR count). The fraction of sp³-hybridized carbons (Fsp3) is 0.954. The number of hydrogen-bond donors (Lipinski definition) is 3. The first-order chi connectivity index (χ1) is 51.3. The molecule has 0 aromatic carbocycles. The van der Waals surface area contributed by atoms with Crippen LogP contribution >= 0.6 is 15.6 Å². The number of phosphoric ester groups is 2. The van der Waals surface area contributed by atoms with Crippen LogP contribution in [-0.4, -0.2) is 96.7 Å². The first kappa shape index (κ1) is 104. The number of carbonyl (C=O) groups is 4. The second-order valence-corrected chi connectivity index (χ2v) is 35.4. The molecule has 3 unspecified atom stereocenters. The number of aliphatic hydroxyl groups excluding tert-OH is 1. The minimum atomic E-state index is -4.97. The molecule has 0 amide bonds. The van der Waals surface area contributed by atoms with Crippen LogP contribution in [0.25, 0.3) is 0 Å². The molecule has 19 heteroatoms. The molecule has 630 valence electrons. The van der Waals surface area contributed by atoms with E-state index in [1.807, 2.05) is 0 Å². The number of hydrogen-bond acceptors (Lipinski definition) is 15. The van der Waals surface area contributed by atoms with E-state index in [1.54, 1.807) is 0 Å². The van der Waals surface area contributed by atoms with Crippen LogP contribution in [0.2, 0.25) is 0 Å². The van der Waals surface area contributed by atoms with E-state index in [0.717, 1.165) is 108 Å². The van der Waals surface area contributed by atoms with E-state index >= 15 is 0 Å². The van der Waals surface area contributed by atoms with Gasteiger partial charge in [0.1, 0.15) is 19.3 Å². The number of aliphatic hydroxyl groups is 1. The molecule has 3 N–H and O–H groups in total. The quantitative estimate of drug-likeness (QED) is 0.0222. The lowest BCUT2D eigenvalue weighted by molar-refractivity contribution is -0.161. The molecule has 0 saturated heterocycles. The van der Waals surface area contributed by atoms with Gasteiger partial charge < -0.3 is 33.8 Å². The van der Waals surface area contributed by atoms with Crippen LogP contribution in [0, 0.1) is 17.8 Å². The second-order valence-electron chi connectivity index (χ2n) is 32.5. The second kappa shape index (κ2) is 77.0. The maximum absolute atomic E-state index is 13.2. The highest BCUT2D eigenvalue weighted by molar-refractivity contribution is 7.47. The van der Waals surface area contributed by atoms with Crippen molar-refractivity contribution in [2.75, 3.05) is 39.6 Å². The zero-order chi connectivity index (χ0) is 77.9. The summed E-state index contributed by atoms with van der Waals surface area (Å²) in [5, 5.41) is 10.7. The minimum Gasteiger partial charge on any atom is -0.462 e. The summed E-state index contributed by atoms with van der Waals surface area (Å²) in [5.74, 6) is 0.294. The number of phosphoric acid groups is 2. The monoisotopic (exact) mass is 1550 g/mol. The molecule has 0 aliphatic carbocycles. The molecular weight excluding hydrogens is 1380 g/mol. The van der Waals surface area contributed by atoms with Crippen molar-refractivity contribution in [2.45, 2.75) is 478 Å². The SMILES string of the molecule is CCCCCCCCCCCCCCCCCCCCC(=O)O[C@H](COC(=O)CCCCCCCCCCCC(C)C)COP(=O)(O)OC[C@H](O)COP(=O)(O)OC[C@@H](COC(=O)CCCCCCCCCCCCCCCCC(C)CC)OC(=O)CCCCCCCCCCCCCCCCCC(C)C. The number of esters is 4. The number of carbonyl (C=O) groups excluding carboxylic acids is 4. The molecule has 0 fully saturated rings. The zero-order valence-electron chi connectivity index (χ0n) is 69.9. The Labute approximate surface area is 651 Å². The van der Waals surface area contributed by atoms with Gasteiger partial charge >= 0.3 is 39.5 Å². The predicted octanol–water partition coefficient (Wildman–Crippen LogP) is 26.5. The normalized spacial score (nSPS) is 14.1. The topological polar surface area (TPSA) is 237 Å². The molecule has 0 spiro atoms. The summed E-state index contributed by atoms with van der Waals surface area (Å²) >= 11 is 0. The van der Waals surface area contributed by atoms with E-state index in [-0.39, 0.29) is 25.7 Å². The molecule has 0 heterocycles. The van der Waals surface area contributed by atoms with Gasteiger partial charge in [0.2, 0.25) is 0 Å². The third-order valence-electron chi connectivity index (χ3n) is 20.7. The van der Waals surface area contributed by atoms with Crippen LogP contribution in [0.4, 0.5) is 0 Å². The maximum atomic E-state index is 13.2. The van der Waals surface area contributed by atoms with Gasteiger partial charge in [-0.15, -0.1) is 0 Å². The zero-order valence-corrected chi connectivity index (χ0v) is 71.7. The van der Waals surface area contributed by atoms with E-state index in [9.17, 15) is 43.2 Å². The smallest absolute Gasteiger partial charge is 0.462 e. The third-order valence-corrected chi connectivity index (χ3v) is 22.6. The van der Waals surface area contributed by atoms with Crippen LogP contribution in [-0.2, 0) is 65.4 Å². The number of unbranched alkanes of at least 4 members (excludes halogenated alkanes) is 52. The molecule has 0 aliphatic heterocycles. The molecule has 17 nitrogen and oxygen atoms in total. The van der Waals surface area contributed by atoms with Crippen molar-refractivity contribution in [3.8, 4) is 0 Å². The van der Waals surface area contributed by atoms with Crippen molar-refractivity contribution < 1.29 is 80.2 Å². The number of rotatable bonds is 85. The molecule has 0 aromatic rings. The van der Waals surface area contributed by atoms with Crippen molar-refractivity contribution in [2.24, 2.45) is 17.8 Å². The molecule has 0 saturated carbocycles. The van der Waals surface area contributed by atoms with Crippen LogP contribution in [0.3, 0.4) is 0 Å². The Bertz CT molecular complexity index is 2050. The van der Waals surface area contributed by atoms with Gasteiger partial charge in [-0.1, -0.05) is 408 Å². The number of ether oxygens (including phenoxy) is 4. The van der Waals surface area contributed by atoms with E-state index in [2.05, 4.69) is 48.5 Å². The van der Waals surface area contributed by atoms with E-state index in [1.165, 1.54) is 270 Å². The van der Waals surface area contributed by atoms with Crippen molar-refractivity contribution >= 4 is 39.5 Å². The fourth-order valence-electron chi connectivity index (χ4n) is 13.5. The Morgan fingerprint density at radius 2 is 0.481 bits per heavy atom. The fourth-order valence-corrected chi connectivity index (χ4v) is 15.1. The van der Waals surface area contributed by atoms with Gasteiger partial charge in [0, 0.05) is 25.7 Å². The summed E-state index contributed by atoms with van der Waals surface area (Å²) in [5.41, 5.74) is 0. The van der Waals surface area contributed by atoms with Crippen LogP contribution in [0.1, 0.15) is 459 Å². The third kappa shape index (κ3) is 78.7. The molecule has 106 heavy (non-hydrogen) atoms. The van der Waals surface area contributed by atoms with Crippen molar-refractivity contribution in [3.05, 3.63) is 0 Å². The van der Waals surface area contributed by atoms with E-state index < -0.39 is 97.5 Å². The molecule has 0 radical (unpaired) electrons. The highest BCUT2D eigenvalue weighted by Gasteiger charge is 2.31. The average molecular weight is 1550 g/mol. The van der Waals surface area contributed by atoms with Crippen LogP contribution in [0.5, 0.6) is 0 Å². The molecule has 6 atom stereocenters. The van der Waals surface area contributed by atoms with Crippen LogP contribution < -0.4 is 0 Å². The lowest BCUT2D eigenvalue weighted by Gasteiger charge is -2.21. The van der Waals surface area contributed by atoms with Gasteiger partial charge in [-0.25, -0.2) is 9.13 Å². The summed E-state index contributed by atoms with van der Waals surface area (Å²) in [6, 6.07) is 0. The van der Waals surface area contributed by atoms with Gasteiger partial charge in [0.05, 0.1) is 26.4 Å².